The van der Waals surface area contributed by atoms with E-state index in [-0.39, 0.29) is 0 Å². The molecule has 0 aromatic heterocycles. The summed E-state index contributed by atoms with van der Waals surface area (Å²) in [6, 6.07) is 1.70. The van der Waals surface area contributed by atoms with Crippen LogP contribution in [0.15, 0.2) is 0 Å². The zero-order valence-electron chi connectivity index (χ0n) is 13.0. The van der Waals surface area contributed by atoms with Gasteiger partial charge in [-0.2, -0.15) is 0 Å². The van der Waals surface area contributed by atoms with Gasteiger partial charge in [-0.1, -0.05) is 44.9 Å². The number of fused-ring (bicyclic) bond motifs is 1. The molecule has 1 heterocycles. The van der Waals surface area contributed by atoms with Gasteiger partial charge in [0.15, 0.2) is 0 Å². The number of nitrogens with one attached hydrogen (secondary N) is 1. The standard InChI is InChI=1S/C18H32N2/c1-2-6-14(7-3-1)16-12-15(16)13-20-11-10-19-17-8-4-5-9-18(17)20/h14-19H,1-13H2/t15-,16+,17+,18+/m1/s1. The summed E-state index contributed by atoms with van der Waals surface area (Å²) in [6.45, 7) is 3.99. The van der Waals surface area contributed by atoms with E-state index in [1.807, 2.05) is 0 Å². The Bertz CT molecular complexity index is 321. The fourth-order valence-electron chi connectivity index (χ4n) is 5.49. The molecule has 4 rings (SSSR count). The predicted octanol–water partition coefficient (Wildman–Crippen LogP) is 3.42. The van der Waals surface area contributed by atoms with Gasteiger partial charge in [-0.25, -0.2) is 0 Å². The van der Waals surface area contributed by atoms with Crippen molar-refractivity contribution in [2.45, 2.75) is 76.3 Å². The molecule has 0 amide bonds. The molecule has 3 saturated carbocycles. The van der Waals surface area contributed by atoms with Crippen molar-refractivity contribution in [3.8, 4) is 0 Å². The highest BCUT2D eigenvalue weighted by atomic mass is 15.2. The highest BCUT2D eigenvalue weighted by molar-refractivity contribution is 4.98. The van der Waals surface area contributed by atoms with Crippen LogP contribution in [0.3, 0.4) is 0 Å². The largest absolute Gasteiger partial charge is 0.311 e. The SMILES string of the molecule is C1CCC([C@@H]2C[C@@H]2CN2CCN[C@H]3CCCC[C@@H]32)CC1. The Kier molecular flexibility index (Phi) is 4.05. The summed E-state index contributed by atoms with van der Waals surface area (Å²) in [7, 11) is 0. The molecular formula is C18H32N2. The lowest BCUT2D eigenvalue weighted by Gasteiger charge is -2.45. The molecule has 1 aliphatic heterocycles. The van der Waals surface area contributed by atoms with E-state index >= 15 is 0 Å². The smallest absolute Gasteiger partial charge is 0.0250 e. The minimum Gasteiger partial charge on any atom is -0.311 e. The zero-order valence-corrected chi connectivity index (χ0v) is 13.0. The highest BCUT2D eigenvalue weighted by Gasteiger charge is 2.45. The van der Waals surface area contributed by atoms with Crippen molar-refractivity contribution in [3.63, 3.8) is 0 Å². The van der Waals surface area contributed by atoms with E-state index in [0.717, 1.165) is 29.8 Å². The van der Waals surface area contributed by atoms with Gasteiger partial charge in [-0.05, 0) is 37.0 Å². The van der Waals surface area contributed by atoms with Crippen LogP contribution in [0, 0.1) is 17.8 Å². The molecule has 0 unspecified atom stereocenters. The monoisotopic (exact) mass is 276 g/mol. The van der Waals surface area contributed by atoms with E-state index in [4.69, 9.17) is 0 Å². The molecule has 4 atom stereocenters. The molecular weight excluding hydrogens is 244 g/mol. The van der Waals surface area contributed by atoms with Crippen LogP contribution >= 0.6 is 0 Å². The molecule has 0 spiro atoms. The maximum Gasteiger partial charge on any atom is 0.0250 e. The van der Waals surface area contributed by atoms with Crippen LogP contribution in [0.25, 0.3) is 0 Å². The Morgan fingerprint density at radius 2 is 1.70 bits per heavy atom. The van der Waals surface area contributed by atoms with E-state index in [1.165, 1.54) is 64.6 Å². The van der Waals surface area contributed by atoms with Gasteiger partial charge in [0.2, 0.25) is 0 Å². The Labute approximate surface area is 124 Å². The molecule has 3 aliphatic carbocycles. The van der Waals surface area contributed by atoms with Gasteiger partial charge in [-0.15, -0.1) is 0 Å². The molecule has 0 radical (unpaired) electrons. The van der Waals surface area contributed by atoms with Crippen molar-refractivity contribution >= 4 is 0 Å². The molecule has 1 saturated heterocycles. The summed E-state index contributed by atoms with van der Waals surface area (Å²) in [5, 5.41) is 3.78. The average molecular weight is 276 g/mol. The van der Waals surface area contributed by atoms with Crippen molar-refractivity contribution in [2.24, 2.45) is 17.8 Å². The topological polar surface area (TPSA) is 15.3 Å². The quantitative estimate of drug-likeness (QED) is 0.849. The lowest BCUT2D eigenvalue weighted by Crippen LogP contribution is -2.59. The van der Waals surface area contributed by atoms with Crippen LogP contribution in [-0.4, -0.2) is 36.6 Å². The molecule has 0 bridgehead atoms. The first-order valence-corrected chi connectivity index (χ1v) is 9.39. The minimum atomic E-state index is 0.824. The maximum absolute atomic E-state index is 3.78. The third kappa shape index (κ3) is 2.78. The van der Waals surface area contributed by atoms with Crippen molar-refractivity contribution in [1.29, 1.82) is 0 Å². The summed E-state index contributed by atoms with van der Waals surface area (Å²) in [6.07, 6.45) is 15.0. The van der Waals surface area contributed by atoms with Gasteiger partial charge in [0.05, 0.1) is 0 Å². The van der Waals surface area contributed by atoms with Gasteiger partial charge in [0.25, 0.3) is 0 Å². The first-order chi connectivity index (χ1) is 9.92. The maximum atomic E-state index is 3.78. The summed E-state index contributed by atoms with van der Waals surface area (Å²) in [5.41, 5.74) is 0. The average Bonchev–Trinajstić information content (AvgIpc) is 3.28. The summed E-state index contributed by atoms with van der Waals surface area (Å²) in [4.78, 5) is 2.88. The number of nitrogens with zero attached hydrogens (tertiary/aromatic N) is 1. The molecule has 20 heavy (non-hydrogen) atoms. The molecule has 0 aromatic rings. The third-order valence-electron chi connectivity index (χ3n) is 6.71. The fraction of sp³-hybridized carbons (Fsp3) is 1.00. The van der Waals surface area contributed by atoms with E-state index in [0.29, 0.717) is 0 Å². The van der Waals surface area contributed by atoms with E-state index in [2.05, 4.69) is 10.2 Å². The van der Waals surface area contributed by atoms with Crippen molar-refractivity contribution < 1.29 is 0 Å². The molecule has 1 N–H and O–H groups in total. The fourth-order valence-corrected chi connectivity index (χ4v) is 5.49. The second kappa shape index (κ2) is 5.96. The molecule has 4 fully saturated rings. The zero-order chi connectivity index (χ0) is 13.4. The summed E-state index contributed by atoms with van der Waals surface area (Å²) in [5.74, 6) is 3.30. The van der Waals surface area contributed by atoms with E-state index in [1.54, 1.807) is 19.3 Å². The molecule has 0 aromatic carbocycles. The van der Waals surface area contributed by atoms with Crippen LogP contribution in [0.5, 0.6) is 0 Å². The van der Waals surface area contributed by atoms with Gasteiger partial charge in [0, 0.05) is 31.7 Å². The summed E-state index contributed by atoms with van der Waals surface area (Å²) >= 11 is 0. The number of hydrogen-bond acceptors (Lipinski definition) is 2. The first kappa shape index (κ1) is 13.6. The van der Waals surface area contributed by atoms with Gasteiger partial charge < -0.3 is 5.32 Å². The first-order valence-electron chi connectivity index (χ1n) is 9.39. The van der Waals surface area contributed by atoms with Crippen LogP contribution in [-0.2, 0) is 0 Å². The minimum absolute atomic E-state index is 0.824. The number of hydrogen-bond donors (Lipinski definition) is 1. The second-order valence-corrected chi connectivity index (χ2v) is 7.97. The lowest BCUT2D eigenvalue weighted by molar-refractivity contribution is 0.0807. The predicted molar refractivity (Wildman–Crippen MR) is 83.8 cm³/mol. The number of piperazine rings is 1. The molecule has 114 valence electrons. The summed E-state index contributed by atoms with van der Waals surface area (Å²) < 4.78 is 0. The molecule has 4 aliphatic rings. The van der Waals surface area contributed by atoms with Crippen molar-refractivity contribution in [2.75, 3.05) is 19.6 Å². The van der Waals surface area contributed by atoms with Crippen LogP contribution in [0.2, 0.25) is 0 Å². The Hall–Kier alpha value is -0.0800. The number of rotatable bonds is 3. The van der Waals surface area contributed by atoms with E-state index < -0.39 is 0 Å². The van der Waals surface area contributed by atoms with Gasteiger partial charge >= 0.3 is 0 Å². The Morgan fingerprint density at radius 3 is 2.60 bits per heavy atom. The van der Waals surface area contributed by atoms with Crippen molar-refractivity contribution in [3.05, 3.63) is 0 Å². The second-order valence-electron chi connectivity index (χ2n) is 7.97. The van der Waals surface area contributed by atoms with E-state index in [9.17, 15) is 0 Å². The lowest BCUT2D eigenvalue weighted by atomic mass is 9.84. The molecule has 2 heteroatoms. The molecule has 2 nitrogen and oxygen atoms in total. The van der Waals surface area contributed by atoms with Gasteiger partial charge in [0.1, 0.15) is 0 Å². The Morgan fingerprint density at radius 1 is 0.900 bits per heavy atom. The van der Waals surface area contributed by atoms with Gasteiger partial charge in [-0.3, -0.25) is 4.90 Å². The highest BCUT2D eigenvalue weighted by Crippen LogP contribution is 2.50. The third-order valence-corrected chi connectivity index (χ3v) is 6.71. The Balaban J connectivity index is 1.30. The van der Waals surface area contributed by atoms with Crippen LogP contribution in [0.4, 0.5) is 0 Å². The van der Waals surface area contributed by atoms with Crippen LogP contribution < -0.4 is 5.32 Å². The normalized spacial score (nSPS) is 43.2. The van der Waals surface area contributed by atoms with Crippen molar-refractivity contribution in [1.82, 2.24) is 10.2 Å². The van der Waals surface area contributed by atoms with Crippen LogP contribution in [0.1, 0.15) is 64.2 Å².